The first-order valence-corrected chi connectivity index (χ1v) is 9.44. The van der Waals surface area contributed by atoms with Gasteiger partial charge in [0.1, 0.15) is 16.7 Å². The number of carbonyl (C=O) groups excluding carboxylic acids is 1. The molecule has 1 saturated heterocycles. The highest BCUT2D eigenvalue weighted by Crippen LogP contribution is 2.37. The van der Waals surface area contributed by atoms with E-state index in [-0.39, 0.29) is 11.2 Å². The Morgan fingerprint density at radius 1 is 1.17 bits per heavy atom. The van der Waals surface area contributed by atoms with Gasteiger partial charge in [0, 0.05) is 24.1 Å². The molecule has 3 rings (SSSR count). The van der Waals surface area contributed by atoms with Gasteiger partial charge >= 0.3 is 13.3 Å². The molecule has 30 heavy (non-hydrogen) atoms. The first-order chi connectivity index (χ1) is 13.5. The molecule has 2 aromatic heterocycles. The van der Waals surface area contributed by atoms with Crippen LogP contribution in [0.15, 0.2) is 17.1 Å². The molecule has 11 heteroatoms. The number of aromatic nitrogens is 2. The van der Waals surface area contributed by atoms with Gasteiger partial charge in [-0.3, -0.25) is 9.59 Å². The lowest BCUT2D eigenvalue weighted by atomic mass is 9.78. The normalized spacial score (nSPS) is 18.8. The molecule has 0 unspecified atom stereocenters. The maximum Gasteiger partial charge on any atom is 0.497 e. The molecule has 2 N–H and O–H groups in total. The number of aromatic amines is 1. The number of halogens is 3. The number of hydrogen-bond acceptors (Lipinski definition) is 4. The molecule has 0 bridgehead atoms. The highest BCUT2D eigenvalue weighted by atomic mass is 19.4. The number of H-pyrrole nitrogens is 1. The van der Waals surface area contributed by atoms with E-state index in [9.17, 15) is 22.8 Å². The van der Waals surface area contributed by atoms with Crippen molar-refractivity contribution in [2.45, 2.75) is 64.5 Å². The summed E-state index contributed by atoms with van der Waals surface area (Å²) in [6.07, 6.45) is -3.10. The fourth-order valence-electron chi connectivity index (χ4n) is 3.07. The third kappa shape index (κ3) is 3.54. The van der Waals surface area contributed by atoms with Gasteiger partial charge in [0.05, 0.1) is 11.2 Å². The number of fused-ring (bicyclic) bond motifs is 1. The van der Waals surface area contributed by atoms with E-state index in [0.29, 0.717) is 10.8 Å². The predicted molar refractivity (Wildman–Crippen MR) is 107 cm³/mol. The van der Waals surface area contributed by atoms with Crippen molar-refractivity contribution < 1.29 is 27.3 Å². The Bertz CT molecular complexity index is 1050. The quantitative estimate of drug-likeness (QED) is 0.736. The van der Waals surface area contributed by atoms with Gasteiger partial charge in [-0.2, -0.15) is 13.2 Å². The largest absolute Gasteiger partial charge is 0.497 e. The molecule has 164 valence electrons. The summed E-state index contributed by atoms with van der Waals surface area (Å²) >= 11 is 0. The summed E-state index contributed by atoms with van der Waals surface area (Å²) in [7, 11) is 0.715. The van der Waals surface area contributed by atoms with Gasteiger partial charge in [0.25, 0.3) is 11.5 Å². The number of pyridine rings is 1. The standard InChI is InChI=1S/C19H25BF3N3O4/c1-16(2,19(21,22)23)25-14(27)12-8-10-11(9-26(7)15(28)13(10)24-12)20-29-17(3,4)18(5,6)30-20/h8-9,24H,1-7H3,(H,25,27). The third-order valence-corrected chi connectivity index (χ3v) is 5.88. The van der Waals surface area contributed by atoms with Crippen molar-refractivity contribution in [2.24, 2.45) is 7.05 Å². The Morgan fingerprint density at radius 2 is 1.70 bits per heavy atom. The first kappa shape index (κ1) is 22.4. The van der Waals surface area contributed by atoms with Crippen molar-refractivity contribution in [1.29, 1.82) is 0 Å². The summed E-state index contributed by atoms with van der Waals surface area (Å²) in [6, 6.07) is 1.35. The van der Waals surface area contributed by atoms with Gasteiger partial charge in [-0.1, -0.05) is 0 Å². The van der Waals surface area contributed by atoms with Crippen LogP contribution < -0.4 is 16.3 Å². The van der Waals surface area contributed by atoms with E-state index < -0.39 is 41.5 Å². The van der Waals surface area contributed by atoms with Crippen LogP contribution in [0, 0.1) is 0 Å². The molecule has 1 fully saturated rings. The zero-order chi connectivity index (χ0) is 22.9. The molecule has 1 amide bonds. The SMILES string of the molecule is Cn1cc(B2OC(C)(C)C(C)(C)O2)c2cc(C(=O)NC(C)(C)C(F)(F)F)[nH]c2c1=O. The number of rotatable bonds is 3. The van der Waals surface area contributed by atoms with Gasteiger partial charge in [-0.15, -0.1) is 0 Å². The maximum absolute atomic E-state index is 13.1. The van der Waals surface area contributed by atoms with E-state index >= 15 is 0 Å². The van der Waals surface area contributed by atoms with Crippen LogP contribution in [0.1, 0.15) is 52.0 Å². The fourth-order valence-corrected chi connectivity index (χ4v) is 3.07. The average Bonchev–Trinajstić information content (AvgIpc) is 3.09. The van der Waals surface area contributed by atoms with Crippen molar-refractivity contribution >= 4 is 29.4 Å². The molecule has 0 aromatic carbocycles. The monoisotopic (exact) mass is 427 g/mol. The molecule has 3 heterocycles. The van der Waals surface area contributed by atoms with Gasteiger partial charge < -0.3 is 24.2 Å². The lowest BCUT2D eigenvalue weighted by Gasteiger charge is -2.32. The molecule has 1 aliphatic heterocycles. The topological polar surface area (TPSA) is 85.3 Å². The van der Waals surface area contributed by atoms with Gasteiger partial charge in [0.15, 0.2) is 0 Å². The molecule has 0 aliphatic carbocycles. The number of carbonyl (C=O) groups is 1. The van der Waals surface area contributed by atoms with E-state index in [4.69, 9.17) is 9.31 Å². The van der Waals surface area contributed by atoms with E-state index in [1.54, 1.807) is 6.20 Å². The summed E-state index contributed by atoms with van der Waals surface area (Å²) < 4.78 is 52.8. The summed E-state index contributed by atoms with van der Waals surface area (Å²) in [6.45, 7) is 9.23. The van der Waals surface area contributed by atoms with Crippen LogP contribution in [0.4, 0.5) is 13.2 Å². The molecule has 0 saturated carbocycles. The lowest BCUT2D eigenvalue weighted by Crippen LogP contribution is -2.54. The Balaban J connectivity index is 2.07. The van der Waals surface area contributed by atoms with Crippen molar-refractivity contribution in [3.05, 3.63) is 28.3 Å². The number of hydrogen-bond donors (Lipinski definition) is 2. The van der Waals surface area contributed by atoms with Crippen LogP contribution in [0.2, 0.25) is 0 Å². The minimum absolute atomic E-state index is 0.0830. The second-order valence-corrected chi connectivity index (χ2v) is 9.14. The molecule has 0 spiro atoms. The summed E-state index contributed by atoms with van der Waals surface area (Å²) in [5.41, 5.74) is -3.72. The highest BCUT2D eigenvalue weighted by Gasteiger charge is 2.52. The van der Waals surface area contributed by atoms with Gasteiger partial charge in [0.2, 0.25) is 0 Å². The van der Waals surface area contributed by atoms with E-state index in [1.165, 1.54) is 17.7 Å². The summed E-state index contributed by atoms with van der Waals surface area (Å²) in [5, 5.41) is 2.31. The molecule has 0 atom stereocenters. The number of nitrogens with one attached hydrogen (secondary N) is 2. The number of alkyl halides is 3. The van der Waals surface area contributed by atoms with Crippen molar-refractivity contribution in [3.8, 4) is 0 Å². The molecular weight excluding hydrogens is 402 g/mol. The van der Waals surface area contributed by atoms with Gasteiger partial charge in [-0.25, -0.2) is 0 Å². The number of nitrogens with zero attached hydrogens (tertiary/aromatic N) is 1. The smallest absolute Gasteiger partial charge is 0.399 e. The Kier molecular flexibility index (Phi) is 4.94. The van der Waals surface area contributed by atoms with Crippen LogP contribution in [-0.4, -0.2) is 45.5 Å². The highest BCUT2D eigenvalue weighted by molar-refractivity contribution is 6.65. The lowest BCUT2D eigenvalue weighted by molar-refractivity contribution is -0.182. The minimum atomic E-state index is -4.64. The first-order valence-electron chi connectivity index (χ1n) is 9.44. The molecule has 7 nitrogen and oxygen atoms in total. The zero-order valence-electron chi connectivity index (χ0n) is 17.9. The third-order valence-electron chi connectivity index (χ3n) is 5.88. The summed E-state index contributed by atoms with van der Waals surface area (Å²) in [4.78, 5) is 27.7. The maximum atomic E-state index is 13.1. The summed E-state index contributed by atoms with van der Waals surface area (Å²) in [5.74, 6) is -0.976. The van der Waals surface area contributed by atoms with E-state index in [2.05, 4.69) is 4.98 Å². The van der Waals surface area contributed by atoms with Crippen LogP contribution in [0.25, 0.3) is 10.9 Å². The molecule has 2 aromatic rings. The Morgan fingerprint density at radius 3 is 2.20 bits per heavy atom. The molecular formula is C19H25BF3N3O4. The van der Waals surface area contributed by atoms with Crippen LogP contribution in [0.3, 0.4) is 0 Å². The second-order valence-electron chi connectivity index (χ2n) is 9.14. The van der Waals surface area contributed by atoms with Crippen molar-refractivity contribution in [3.63, 3.8) is 0 Å². The van der Waals surface area contributed by atoms with Crippen molar-refractivity contribution in [1.82, 2.24) is 14.9 Å². The molecule has 0 radical (unpaired) electrons. The fraction of sp³-hybridized carbons (Fsp3) is 0.579. The average molecular weight is 427 g/mol. The Hall–Kier alpha value is -2.27. The zero-order valence-corrected chi connectivity index (χ0v) is 17.9. The number of amides is 1. The van der Waals surface area contributed by atoms with Gasteiger partial charge in [-0.05, 0) is 47.6 Å². The van der Waals surface area contributed by atoms with Crippen LogP contribution in [0.5, 0.6) is 0 Å². The van der Waals surface area contributed by atoms with E-state index in [0.717, 1.165) is 13.8 Å². The van der Waals surface area contributed by atoms with Crippen molar-refractivity contribution in [2.75, 3.05) is 0 Å². The van der Waals surface area contributed by atoms with E-state index in [1.807, 2.05) is 33.0 Å². The second kappa shape index (κ2) is 6.62. The Labute approximate surface area is 172 Å². The minimum Gasteiger partial charge on any atom is -0.399 e. The van der Waals surface area contributed by atoms with Crippen LogP contribution in [-0.2, 0) is 16.4 Å². The predicted octanol–water partition coefficient (Wildman–Crippen LogP) is 2.24. The molecule has 1 aliphatic rings. The van der Waals surface area contributed by atoms with Crippen LogP contribution >= 0.6 is 0 Å². The number of aryl methyl sites for hydroxylation is 1.